The normalized spacial score (nSPS) is 27.6. The lowest BCUT2D eigenvalue weighted by molar-refractivity contribution is -0.0559. The van der Waals surface area contributed by atoms with Crippen molar-refractivity contribution in [1.29, 1.82) is 0 Å². The molecule has 0 aliphatic carbocycles. The number of hydrogen-bond donors (Lipinski definition) is 1. The number of amides is 1. The van der Waals surface area contributed by atoms with Gasteiger partial charge in [-0.1, -0.05) is 31.2 Å². The highest BCUT2D eigenvalue weighted by Crippen LogP contribution is 2.36. The summed E-state index contributed by atoms with van der Waals surface area (Å²) < 4.78 is 17.9. The van der Waals surface area contributed by atoms with Gasteiger partial charge >= 0.3 is 13.2 Å². The first kappa shape index (κ1) is 19.2. The van der Waals surface area contributed by atoms with Crippen LogP contribution in [-0.2, 0) is 14.0 Å². The van der Waals surface area contributed by atoms with Gasteiger partial charge in [-0.15, -0.1) is 0 Å². The number of hydrogen-bond acceptors (Lipinski definition) is 4. The van der Waals surface area contributed by atoms with Crippen molar-refractivity contribution in [3.8, 4) is 0 Å². The molecule has 1 N–H and O–H groups in total. The summed E-state index contributed by atoms with van der Waals surface area (Å²) in [5, 5.41) is 9.56. The Morgan fingerprint density at radius 2 is 1.77 bits per heavy atom. The van der Waals surface area contributed by atoms with Crippen LogP contribution in [0, 0.1) is 0 Å². The lowest BCUT2D eigenvalue weighted by Gasteiger charge is -2.38. The van der Waals surface area contributed by atoms with Gasteiger partial charge in [-0.25, -0.2) is 4.79 Å². The Balaban J connectivity index is 1.76. The summed E-state index contributed by atoms with van der Waals surface area (Å²) in [4.78, 5) is 13.1. The fourth-order valence-corrected chi connectivity index (χ4v) is 3.31. The number of nitrogens with zero attached hydrogens (tertiary/aromatic N) is 1. The highest BCUT2D eigenvalue weighted by Gasteiger charge is 2.51. The van der Waals surface area contributed by atoms with Crippen molar-refractivity contribution in [1.82, 2.24) is 4.90 Å². The van der Waals surface area contributed by atoms with Crippen molar-refractivity contribution >= 4 is 18.7 Å². The lowest BCUT2D eigenvalue weighted by Crippen LogP contribution is -2.47. The predicted molar refractivity (Wildman–Crippen MR) is 99.7 cm³/mol. The summed E-state index contributed by atoms with van der Waals surface area (Å²) in [6.07, 6.45) is -0.143. The van der Waals surface area contributed by atoms with Crippen molar-refractivity contribution < 1.29 is 23.9 Å². The van der Waals surface area contributed by atoms with Gasteiger partial charge in [0.1, 0.15) is 0 Å². The topological polar surface area (TPSA) is 68.2 Å². The minimum Gasteiger partial charge on any atom is -0.465 e. The van der Waals surface area contributed by atoms with Crippen LogP contribution in [0.4, 0.5) is 4.79 Å². The van der Waals surface area contributed by atoms with E-state index in [1.165, 1.54) is 4.90 Å². The summed E-state index contributed by atoms with van der Waals surface area (Å²) >= 11 is 0. The maximum absolute atomic E-state index is 11.6. The maximum Gasteiger partial charge on any atom is 0.494 e. The van der Waals surface area contributed by atoms with Crippen LogP contribution in [0.1, 0.15) is 52.6 Å². The minimum absolute atomic E-state index is 0.0358. The van der Waals surface area contributed by atoms with Crippen molar-refractivity contribution in [2.45, 2.75) is 64.4 Å². The van der Waals surface area contributed by atoms with E-state index in [-0.39, 0.29) is 23.3 Å². The van der Waals surface area contributed by atoms with Crippen molar-refractivity contribution in [2.24, 2.45) is 0 Å². The fraction of sp³-hybridized carbons (Fsp3) is 0.632. The van der Waals surface area contributed by atoms with Gasteiger partial charge in [-0.05, 0) is 45.1 Å². The third kappa shape index (κ3) is 3.48. The van der Waals surface area contributed by atoms with Gasteiger partial charge < -0.3 is 19.2 Å². The quantitative estimate of drug-likeness (QED) is 0.839. The standard InChI is InChI=1S/C19H28BNO5/c1-6-15-11-21(17(22)23)16(12-24-15)13-7-9-14(10-8-13)20-25-18(2,3)19(4,5)26-20/h7-10,15-16H,6,11-12H2,1-5H3,(H,22,23). The van der Waals surface area contributed by atoms with E-state index in [0.29, 0.717) is 13.2 Å². The molecule has 142 valence electrons. The molecule has 0 saturated carbocycles. The highest BCUT2D eigenvalue weighted by atomic mass is 16.7. The van der Waals surface area contributed by atoms with E-state index in [1.807, 2.05) is 58.9 Å². The lowest BCUT2D eigenvalue weighted by atomic mass is 9.78. The molecule has 0 spiro atoms. The molecule has 2 aliphatic rings. The molecular weight excluding hydrogens is 333 g/mol. The van der Waals surface area contributed by atoms with Crippen molar-refractivity contribution in [3.05, 3.63) is 29.8 Å². The highest BCUT2D eigenvalue weighted by molar-refractivity contribution is 6.62. The molecule has 6 nitrogen and oxygen atoms in total. The van der Waals surface area contributed by atoms with Crippen molar-refractivity contribution in [2.75, 3.05) is 13.2 Å². The van der Waals surface area contributed by atoms with Gasteiger partial charge in [0.05, 0.1) is 36.5 Å². The Kier molecular flexibility index (Phi) is 5.07. The Bertz CT molecular complexity index is 644. The summed E-state index contributed by atoms with van der Waals surface area (Å²) in [6.45, 7) is 10.9. The van der Waals surface area contributed by atoms with Crippen LogP contribution in [0.3, 0.4) is 0 Å². The van der Waals surface area contributed by atoms with E-state index in [2.05, 4.69) is 0 Å². The summed E-state index contributed by atoms with van der Waals surface area (Å²) in [6, 6.07) is 7.49. The largest absolute Gasteiger partial charge is 0.494 e. The minimum atomic E-state index is -0.910. The molecule has 0 bridgehead atoms. The molecule has 2 aliphatic heterocycles. The van der Waals surface area contributed by atoms with E-state index in [1.54, 1.807) is 0 Å². The zero-order chi connectivity index (χ0) is 19.1. The van der Waals surface area contributed by atoms with Crippen LogP contribution >= 0.6 is 0 Å². The summed E-state index contributed by atoms with van der Waals surface area (Å²) in [5.74, 6) is 0. The molecule has 1 aromatic carbocycles. The van der Waals surface area contributed by atoms with E-state index in [9.17, 15) is 9.90 Å². The molecule has 2 heterocycles. The maximum atomic E-state index is 11.6. The molecule has 7 heteroatoms. The molecule has 2 fully saturated rings. The number of ether oxygens (including phenoxy) is 1. The number of carboxylic acid groups (broad SMARTS) is 1. The average Bonchev–Trinajstić information content (AvgIpc) is 2.82. The molecule has 26 heavy (non-hydrogen) atoms. The average molecular weight is 361 g/mol. The predicted octanol–water partition coefficient (Wildman–Crippen LogP) is 2.82. The first-order valence-corrected chi connectivity index (χ1v) is 9.21. The Hall–Kier alpha value is -1.57. The smallest absolute Gasteiger partial charge is 0.465 e. The molecule has 0 aromatic heterocycles. The fourth-order valence-electron chi connectivity index (χ4n) is 3.31. The zero-order valence-electron chi connectivity index (χ0n) is 16.2. The van der Waals surface area contributed by atoms with Crippen LogP contribution in [0.5, 0.6) is 0 Å². The third-order valence-corrected chi connectivity index (χ3v) is 5.81. The second kappa shape index (κ2) is 6.87. The van der Waals surface area contributed by atoms with Crippen LogP contribution in [-0.4, -0.2) is 53.7 Å². The molecular formula is C19H28BNO5. The Morgan fingerprint density at radius 3 is 2.27 bits per heavy atom. The molecule has 1 amide bonds. The first-order valence-electron chi connectivity index (χ1n) is 9.21. The molecule has 2 unspecified atom stereocenters. The van der Waals surface area contributed by atoms with Crippen LogP contribution < -0.4 is 5.46 Å². The Labute approximate surface area is 155 Å². The van der Waals surface area contributed by atoms with Gasteiger partial charge in [0.25, 0.3) is 0 Å². The molecule has 2 atom stereocenters. The SMILES string of the molecule is CCC1CN(C(=O)O)C(c2ccc(B3OC(C)(C)C(C)(C)O3)cc2)CO1. The van der Waals surface area contributed by atoms with Gasteiger partial charge in [-0.3, -0.25) is 4.90 Å². The second-order valence-electron chi connectivity index (χ2n) is 8.07. The number of benzene rings is 1. The van der Waals surface area contributed by atoms with E-state index in [4.69, 9.17) is 14.0 Å². The van der Waals surface area contributed by atoms with Gasteiger partial charge in [-0.2, -0.15) is 0 Å². The number of rotatable bonds is 3. The third-order valence-electron chi connectivity index (χ3n) is 5.81. The van der Waals surface area contributed by atoms with Crippen LogP contribution in [0.2, 0.25) is 0 Å². The van der Waals surface area contributed by atoms with E-state index in [0.717, 1.165) is 17.4 Å². The zero-order valence-corrected chi connectivity index (χ0v) is 16.2. The molecule has 3 rings (SSSR count). The Morgan fingerprint density at radius 1 is 1.19 bits per heavy atom. The monoisotopic (exact) mass is 361 g/mol. The van der Waals surface area contributed by atoms with Gasteiger partial charge in [0, 0.05) is 0 Å². The van der Waals surface area contributed by atoms with Crippen LogP contribution in [0.25, 0.3) is 0 Å². The van der Waals surface area contributed by atoms with Crippen LogP contribution in [0.15, 0.2) is 24.3 Å². The summed E-state index contributed by atoms with van der Waals surface area (Å²) in [7, 11) is -0.420. The van der Waals surface area contributed by atoms with E-state index < -0.39 is 13.2 Å². The molecule has 1 aromatic rings. The second-order valence-corrected chi connectivity index (χ2v) is 8.07. The van der Waals surface area contributed by atoms with E-state index >= 15 is 0 Å². The number of carbonyl (C=O) groups is 1. The first-order chi connectivity index (χ1) is 12.1. The number of morpholine rings is 1. The van der Waals surface area contributed by atoms with Gasteiger partial charge in [0.15, 0.2) is 0 Å². The van der Waals surface area contributed by atoms with Gasteiger partial charge in [0.2, 0.25) is 0 Å². The van der Waals surface area contributed by atoms with Crippen molar-refractivity contribution in [3.63, 3.8) is 0 Å². The summed E-state index contributed by atoms with van der Waals surface area (Å²) in [5.41, 5.74) is 1.07. The molecule has 2 saturated heterocycles. The molecule has 0 radical (unpaired) electrons.